The molecular weight excluding hydrogens is 164 g/mol. The van der Waals surface area contributed by atoms with Crippen molar-refractivity contribution in [3.8, 4) is 0 Å². The van der Waals surface area contributed by atoms with E-state index in [1.807, 2.05) is 30.3 Å². The van der Waals surface area contributed by atoms with E-state index in [1.165, 1.54) is 5.39 Å². The van der Waals surface area contributed by atoms with Gasteiger partial charge in [-0.25, -0.2) is 0 Å². The van der Waals surface area contributed by atoms with Gasteiger partial charge in [-0.1, -0.05) is 48.6 Å². The summed E-state index contributed by atoms with van der Waals surface area (Å²) in [6.07, 6.45) is 0. The van der Waals surface area contributed by atoms with E-state index in [1.54, 1.807) is 5.37 Å². The highest BCUT2D eigenvalue weighted by Gasteiger charge is 1.95. The minimum absolute atomic E-state index is 1.10. The Bertz CT molecular complexity index is 413. The second kappa shape index (κ2) is 3.03. The summed E-state index contributed by atoms with van der Waals surface area (Å²) in [5, 5.41) is 4.00. The minimum atomic E-state index is 1.10. The smallest absolute Gasteiger partial charge is 0.00923 e. The lowest BCUT2D eigenvalue weighted by Crippen LogP contribution is -1.80. The van der Waals surface area contributed by atoms with Crippen molar-refractivity contribution in [2.45, 2.75) is 0 Å². The summed E-state index contributed by atoms with van der Waals surface area (Å²) in [5.41, 5.74) is 1.10. The SMILES string of the molecule is S=Cc1cc[c]c2ccccc12. The molecule has 0 aromatic heterocycles. The Morgan fingerprint density at radius 1 is 1.17 bits per heavy atom. The lowest BCUT2D eigenvalue weighted by Gasteiger charge is -1.98. The Balaban J connectivity index is 2.88. The maximum absolute atomic E-state index is 4.91. The Morgan fingerprint density at radius 3 is 2.83 bits per heavy atom. The summed E-state index contributed by atoms with van der Waals surface area (Å²) in [7, 11) is 0. The lowest BCUT2D eigenvalue weighted by molar-refractivity contribution is 1.72. The van der Waals surface area contributed by atoms with Crippen LogP contribution in [0.2, 0.25) is 0 Å². The summed E-state index contributed by atoms with van der Waals surface area (Å²) in [5.74, 6) is 0. The van der Waals surface area contributed by atoms with Crippen LogP contribution in [0.1, 0.15) is 5.56 Å². The normalized spacial score (nSPS) is 10.0. The number of hydrogen-bond donors (Lipinski definition) is 0. The van der Waals surface area contributed by atoms with Crippen LogP contribution in [0.4, 0.5) is 0 Å². The van der Waals surface area contributed by atoms with E-state index < -0.39 is 0 Å². The van der Waals surface area contributed by atoms with Gasteiger partial charge >= 0.3 is 0 Å². The number of fused-ring (bicyclic) bond motifs is 1. The molecule has 0 heterocycles. The predicted molar refractivity (Wildman–Crippen MR) is 55.5 cm³/mol. The van der Waals surface area contributed by atoms with Crippen LogP contribution in [0, 0.1) is 6.07 Å². The second-order valence-electron chi connectivity index (χ2n) is 2.60. The van der Waals surface area contributed by atoms with Gasteiger partial charge in [-0.2, -0.15) is 0 Å². The number of thiocarbonyl (C=S) groups is 1. The van der Waals surface area contributed by atoms with E-state index in [0.29, 0.717) is 0 Å². The van der Waals surface area contributed by atoms with Crippen LogP contribution in [0.3, 0.4) is 0 Å². The minimum Gasteiger partial charge on any atom is -0.0881 e. The number of rotatable bonds is 1. The summed E-state index contributed by atoms with van der Waals surface area (Å²) in [6.45, 7) is 0. The van der Waals surface area contributed by atoms with Gasteiger partial charge in [0.25, 0.3) is 0 Å². The Morgan fingerprint density at radius 2 is 2.00 bits per heavy atom. The van der Waals surface area contributed by atoms with Crippen molar-refractivity contribution in [2.75, 3.05) is 0 Å². The molecule has 1 radical (unpaired) electrons. The summed E-state index contributed by atoms with van der Waals surface area (Å²) in [6, 6.07) is 15.2. The Labute approximate surface area is 76.8 Å². The van der Waals surface area contributed by atoms with E-state index >= 15 is 0 Å². The van der Waals surface area contributed by atoms with Crippen molar-refractivity contribution < 1.29 is 0 Å². The Hall–Kier alpha value is -1.21. The fraction of sp³-hybridized carbons (Fsp3) is 0. The van der Waals surface area contributed by atoms with Crippen molar-refractivity contribution in [3.63, 3.8) is 0 Å². The van der Waals surface area contributed by atoms with Crippen molar-refractivity contribution >= 4 is 28.4 Å². The molecule has 0 unspecified atom stereocenters. The van der Waals surface area contributed by atoms with Crippen LogP contribution in [-0.2, 0) is 0 Å². The van der Waals surface area contributed by atoms with Gasteiger partial charge in [-0.15, -0.1) is 0 Å². The molecule has 0 saturated heterocycles. The van der Waals surface area contributed by atoms with Gasteiger partial charge in [-0.3, -0.25) is 0 Å². The third kappa shape index (κ3) is 1.12. The number of benzene rings is 2. The second-order valence-corrected chi connectivity index (χ2v) is 2.83. The fourth-order valence-corrected chi connectivity index (χ4v) is 1.48. The maximum Gasteiger partial charge on any atom is 0.00923 e. The van der Waals surface area contributed by atoms with Crippen LogP contribution in [0.25, 0.3) is 10.8 Å². The zero-order valence-corrected chi connectivity index (χ0v) is 7.27. The lowest BCUT2D eigenvalue weighted by atomic mass is 10.1. The molecule has 2 rings (SSSR count). The molecule has 57 valence electrons. The summed E-state index contributed by atoms with van der Waals surface area (Å²) < 4.78 is 0. The van der Waals surface area contributed by atoms with E-state index in [0.717, 1.165) is 10.9 Å². The monoisotopic (exact) mass is 171 g/mol. The van der Waals surface area contributed by atoms with Crippen molar-refractivity contribution in [1.29, 1.82) is 0 Å². The largest absolute Gasteiger partial charge is 0.0881 e. The number of hydrogen-bond acceptors (Lipinski definition) is 1. The van der Waals surface area contributed by atoms with E-state index in [4.69, 9.17) is 12.2 Å². The first-order valence-electron chi connectivity index (χ1n) is 3.76. The molecular formula is C11H7S. The standard InChI is InChI=1S/C11H7S/c12-8-10-6-3-5-9-4-1-2-7-11(9)10/h1-4,6-8H. The summed E-state index contributed by atoms with van der Waals surface area (Å²) in [4.78, 5) is 0. The molecule has 0 spiro atoms. The molecule has 0 atom stereocenters. The van der Waals surface area contributed by atoms with Crippen molar-refractivity contribution in [3.05, 3.63) is 48.0 Å². The van der Waals surface area contributed by atoms with E-state index in [9.17, 15) is 0 Å². The molecule has 0 aliphatic heterocycles. The average molecular weight is 171 g/mol. The molecule has 0 bridgehead atoms. The molecule has 0 saturated carbocycles. The first-order valence-corrected chi connectivity index (χ1v) is 4.23. The molecule has 0 fully saturated rings. The molecule has 0 N–H and O–H groups in total. The molecule has 2 aromatic rings. The van der Waals surface area contributed by atoms with E-state index in [-0.39, 0.29) is 0 Å². The zero-order valence-electron chi connectivity index (χ0n) is 6.45. The highest BCUT2D eigenvalue weighted by molar-refractivity contribution is 7.79. The highest BCUT2D eigenvalue weighted by atomic mass is 32.1. The topological polar surface area (TPSA) is 0 Å². The summed E-state index contributed by atoms with van der Waals surface area (Å²) >= 11 is 4.91. The van der Waals surface area contributed by atoms with Crippen LogP contribution < -0.4 is 0 Å². The third-order valence-corrected chi connectivity index (χ3v) is 2.12. The average Bonchev–Trinajstić information content (AvgIpc) is 2.17. The van der Waals surface area contributed by atoms with Gasteiger partial charge in [0, 0.05) is 5.37 Å². The van der Waals surface area contributed by atoms with Gasteiger partial charge < -0.3 is 0 Å². The van der Waals surface area contributed by atoms with Gasteiger partial charge in [0.1, 0.15) is 0 Å². The van der Waals surface area contributed by atoms with Gasteiger partial charge in [0.15, 0.2) is 0 Å². The maximum atomic E-state index is 4.91. The zero-order chi connectivity index (χ0) is 8.39. The highest BCUT2D eigenvalue weighted by Crippen LogP contribution is 2.15. The molecule has 0 aliphatic rings. The molecule has 0 aliphatic carbocycles. The molecule has 0 amide bonds. The van der Waals surface area contributed by atoms with Gasteiger partial charge in [0.05, 0.1) is 0 Å². The molecule has 2 aromatic carbocycles. The predicted octanol–water partition coefficient (Wildman–Crippen LogP) is 2.99. The van der Waals surface area contributed by atoms with Gasteiger partial charge in [0.2, 0.25) is 0 Å². The van der Waals surface area contributed by atoms with Crippen molar-refractivity contribution in [2.24, 2.45) is 0 Å². The third-order valence-electron chi connectivity index (χ3n) is 1.87. The molecule has 12 heavy (non-hydrogen) atoms. The molecule has 1 heteroatoms. The van der Waals surface area contributed by atoms with Crippen molar-refractivity contribution in [1.82, 2.24) is 0 Å². The quantitative estimate of drug-likeness (QED) is 0.594. The van der Waals surface area contributed by atoms with E-state index in [2.05, 4.69) is 12.1 Å². The van der Waals surface area contributed by atoms with Crippen LogP contribution in [-0.4, -0.2) is 5.37 Å². The first-order chi connectivity index (χ1) is 5.92. The van der Waals surface area contributed by atoms with Crippen LogP contribution in [0.5, 0.6) is 0 Å². The fourth-order valence-electron chi connectivity index (χ4n) is 1.27. The van der Waals surface area contributed by atoms with Crippen LogP contribution in [0.15, 0.2) is 36.4 Å². The molecule has 0 nitrogen and oxygen atoms in total. The Kier molecular flexibility index (Phi) is 1.88. The first kappa shape index (κ1) is 7.44. The van der Waals surface area contributed by atoms with Crippen LogP contribution >= 0.6 is 12.2 Å². The van der Waals surface area contributed by atoms with Gasteiger partial charge in [-0.05, 0) is 22.4 Å².